The molecule has 1 aliphatic rings. The molecule has 1 heterocycles. The first-order valence-corrected chi connectivity index (χ1v) is 5.45. The van der Waals surface area contributed by atoms with E-state index in [9.17, 15) is 0 Å². The van der Waals surface area contributed by atoms with Crippen LogP contribution in [-0.4, -0.2) is 33.2 Å². The Morgan fingerprint density at radius 2 is 1.93 bits per heavy atom. The van der Waals surface area contributed by atoms with Crippen LogP contribution in [-0.2, 0) is 0 Å². The molecule has 1 fully saturated rings. The molecule has 1 aromatic carbocycles. The van der Waals surface area contributed by atoms with Gasteiger partial charge in [-0.2, -0.15) is 0 Å². The van der Waals surface area contributed by atoms with Crippen molar-refractivity contribution in [3.05, 3.63) is 29.3 Å². The van der Waals surface area contributed by atoms with Crippen LogP contribution < -0.4 is 22.2 Å². The molecule has 0 unspecified atom stereocenters. The number of nitrogens with one attached hydrogen (secondary N) is 1. The molecule has 2 rings (SSSR count). The molecule has 1 aliphatic heterocycles. The number of nitrogens with zero attached hydrogens (tertiary/aromatic N) is 1. The highest BCUT2D eigenvalue weighted by molar-refractivity contribution is 6.30. The first kappa shape index (κ1) is 12.6. The van der Waals surface area contributed by atoms with Gasteiger partial charge in [-0.25, -0.2) is 0 Å². The monoisotopic (exact) mass is 246 g/mol. The highest BCUT2D eigenvalue weighted by Gasteiger charge is 2.16. The third kappa shape index (κ3) is 3.26. The molecule has 84 valence electrons. The quantitative estimate of drug-likeness (QED) is 0.585. The molecule has 0 aliphatic carbocycles. The molecule has 4 heteroatoms. The normalized spacial score (nSPS) is 17.3. The number of rotatable bonds is 1. The smallest absolute Gasteiger partial charge is 0.0947 e. The molecule has 0 bridgehead atoms. The average Bonchev–Trinajstić information content (AvgIpc) is 2.19. The number of quaternary nitrogens is 1. The molecule has 1 saturated heterocycles. The molecule has 0 spiro atoms. The summed E-state index contributed by atoms with van der Waals surface area (Å²) in [6.07, 6.45) is 0. The van der Waals surface area contributed by atoms with Gasteiger partial charge in [0.2, 0.25) is 0 Å². The Hall–Kier alpha value is -0.440. The molecule has 1 aromatic rings. The lowest BCUT2D eigenvalue weighted by Crippen LogP contribution is -3.12. The van der Waals surface area contributed by atoms with E-state index < -0.39 is 0 Å². The molecule has 0 aromatic heterocycles. The van der Waals surface area contributed by atoms with Gasteiger partial charge in [-0.15, -0.1) is 0 Å². The predicted octanol–water partition coefficient (Wildman–Crippen LogP) is -2.32. The third-order valence-corrected chi connectivity index (χ3v) is 3.03. The highest BCUT2D eigenvalue weighted by atomic mass is 35.5. The van der Waals surface area contributed by atoms with Gasteiger partial charge in [0.25, 0.3) is 0 Å². The van der Waals surface area contributed by atoms with Crippen molar-refractivity contribution in [3.8, 4) is 0 Å². The summed E-state index contributed by atoms with van der Waals surface area (Å²) in [7, 11) is 2.25. The molecule has 0 amide bonds. The summed E-state index contributed by atoms with van der Waals surface area (Å²) in [5.74, 6) is 0. The van der Waals surface area contributed by atoms with Gasteiger partial charge >= 0.3 is 0 Å². The highest BCUT2D eigenvalue weighted by Crippen LogP contribution is 2.18. The number of hydrogen-bond acceptors (Lipinski definition) is 1. The SMILES string of the molecule is C[NH+]1CCN(c2cccc(Cl)c2)CC1.[Cl-]. The Bertz CT molecular complexity index is 309. The van der Waals surface area contributed by atoms with E-state index in [1.165, 1.54) is 18.8 Å². The average molecular weight is 247 g/mol. The van der Waals surface area contributed by atoms with Gasteiger partial charge in [0.1, 0.15) is 0 Å². The van der Waals surface area contributed by atoms with E-state index in [0.717, 1.165) is 18.1 Å². The second kappa shape index (κ2) is 5.59. The van der Waals surface area contributed by atoms with Crippen LogP contribution in [0.25, 0.3) is 0 Å². The summed E-state index contributed by atoms with van der Waals surface area (Å²) < 4.78 is 0. The number of anilines is 1. The van der Waals surface area contributed by atoms with Crippen LogP contribution in [0, 0.1) is 0 Å². The zero-order valence-corrected chi connectivity index (χ0v) is 10.4. The van der Waals surface area contributed by atoms with Gasteiger partial charge in [0, 0.05) is 10.7 Å². The van der Waals surface area contributed by atoms with Crippen LogP contribution in [0.4, 0.5) is 5.69 Å². The van der Waals surface area contributed by atoms with Crippen LogP contribution >= 0.6 is 11.6 Å². The number of halogens is 2. The summed E-state index contributed by atoms with van der Waals surface area (Å²) in [5.41, 5.74) is 1.25. The largest absolute Gasteiger partial charge is 1.00 e. The van der Waals surface area contributed by atoms with Crippen molar-refractivity contribution in [1.82, 2.24) is 0 Å². The zero-order chi connectivity index (χ0) is 9.97. The molecule has 15 heavy (non-hydrogen) atoms. The van der Waals surface area contributed by atoms with E-state index in [0.29, 0.717) is 0 Å². The lowest BCUT2D eigenvalue weighted by atomic mass is 10.2. The zero-order valence-electron chi connectivity index (χ0n) is 8.84. The van der Waals surface area contributed by atoms with Gasteiger partial charge in [-0.05, 0) is 18.2 Å². The third-order valence-electron chi connectivity index (χ3n) is 2.79. The molecule has 0 atom stereocenters. The number of hydrogen-bond donors (Lipinski definition) is 1. The maximum atomic E-state index is 5.96. The van der Waals surface area contributed by atoms with Gasteiger partial charge < -0.3 is 22.2 Å². The van der Waals surface area contributed by atoms with Crippen LogP contribution in [0.15, 0.2) is 24.3 Å². The molecule has 0 radical (unpaired) electrons. The fraction of sp³-hybridized carbons (Fsp3) is 0.455. The van der Waals surface area contributed by atoms with Gasteiger partial charge in [0.05, 0.1) is 33.2 Å². The Kier molecular flexibility index (Phi) is 4.71. The number of piperazine rings is 1. The first-order valence-electron chi connectivity index (χ1n) is 5.07. The second-order valence-corrected chi connectivity index (χ2v) is 4.36. The minimum absolute atomic E-state index is 0. The van der Waals surface area contributed by atoms with Crippen molar-refractivity contribution >= 4 is 17.3 Å². The molecular weight excluding hydrogens is 231 g/mol. The summed E-state index contributed by atoms with van der Waals surface area (Å²) >= 11 is 5.96. The lowest BCUT2D eigenvalue weighted by molar-refractivity contribution is -0.880. The van der Waals surface area contributed by atoms with Crippen LogP contribution in [0.3, 0.4) is 0 Å². The summed E-state index contributed by atoms with van der Waals surface area (Å²) in [4.78, 5) is 4.02. The Balaban J connectivity index is 0.00000112. The Morgan fingerprint density at radius 3 is 2.53 bits per heavy atom. The van der Waals surface area contributed by atoms with E-state index >= 15 is 0 Å². The van der Waals surface area contributed by atoms with Crippen molar-refractivity contribution in [2.24, 2.45) is 0 Å². The lowest BCUT2D eigenvalue weighted by Gasteiger charge is -2.31. The molecule has 1 N–H and O–H groups in total. The maximum absolute atomic E-state index is 5.96. The fourth-order valence-corrected chi connectivity index (χ4v) is 2.00. The van der Waals surface area contributed by atoms with Crippen molar-refractivity contribution in [2.75, 3.05) is 38.1 Å². The van der Waals surface area contributed by atoms with E-state index in [4.69, 9.17) is 11.6 Å². The summed E-state index contributed by atoms with van der Waals surface area (Å²) in [6.45, 7) is 4.69. The Morgan fingerprint density at radius 1 is 1.27 bits per heavy atom. The van der Waals surface area contributed by atoms with Crippen molar-refractivity contribution in [3.63, 3.8) is 0 Å². The van der Waals surface area contributed by atoms with Crippen LogP contribution in [0.2, 0.25) is 5.02 Å². The van der Waals surface area contributed by atoms with Crippen molar-refractivity contribution in [2.45, 2.75) is 0 Å². The molecular formula is C11H16Cl2N2. The number of benzene rings is 1. The topological polar surface area (TPSA) is 7.68 Å². The van der Waals surface area contributed by atoms with Crippen molar-refractivity contribution in [1.29, 1.82) is 0 Å². The van der Waals surface area contributed by atoms with Crippen molar-refractivity contribution < 1.29 is 17.3 Å². The molecule has 2 nitrogen and oxygen atoms in total. The fourth-order valence-electron chi connectivity index (χ4n) is 1.82. The van der Waals surface area contributed by atoms with E-state index in [-0.39, 0.29) is 12.4 Å². The first-order chi connectivity index (χ1) is 6.75. The number of likely N-dealkylation sites (N-methyl/N-ethyl adjacent to an activating group) is 1. The van der Waals surface area contributed by atoms with Crippen LogP contribution in [0.1, 0.15) is 0 Å². The van der Waals surface area contributed by atoms with E-state index in [1.54, 1.807) is 4.90 Å². The standard InChI is InChI=1S/C11H15ClN2.ClH/c1-13-5-7-14(8-6-13)11-4-2-3-10(12)9-11;/h2-4,9H,5-8H2,1H3;1H. The molecule has 0 saturated carbocycles. The Labute approximate surface area is 102 Å². The van der Waals surface area contributed by atoms with E-state index in [2.05, 4.69) is 18.0 Å². The van der Waals surface area contributed by atoms with Gasteiger partial charge in [0.15, 0.2) is 0 Å². The predicted molar refractivity (Wildman–Crippen MR) is 60.3 cm³/mol. The van der Waals surface area contributed by atoms with Crippen LogP contribution in [0.5, 0.6) is 0 Å². The minimum atomic E-state index is 0. The second-order valence-electron chi connectivity index (χ2n) is 3.92. The maximum Gasteiger partial charge on any atom is 0.0947 e. The summed E-state index contributed by atoms with van der Waals surface area (Å²) in [6, 6.07) is 8.12. The van der Waals surface area contributed by atoms with Gasteiger partial charge in [-0.3, -0.25) is 0 Å². The van der Waals surface area contributed by atoms with E-state index in [1.807, 2.05) is 18.2 Å². The van der Waals surface area contributed by atoms with Gasteiger partial charge in [-0.1, -0.05) is 17.7 Å². The summed E-state index contributed by atoms with van der Waals surface area (Å²) in [5, 5.41) is 0.828. The minimum Gasteiger partial charge on any atom is -1.00 e.